The van der Waals surface area contributed by atoms with Crippen LogP contribution in [0.2, 0.25) is 0 Å². The Morgan fingerprint density at radius 3 is 2.46 bits per heavy atom. The molecule has 0 saturated heterocycles. The van der Waals surface area contributed by atoms with Gasteiger partial charge in [-0.1, -0.05) is 41.1 Å². The Bertz CT molecular complexity index is 273. The molecular formula is C10H11BrF2. The summed E-state index contributed by atoms with van der Waals surface area (Å²) in [7, 11) is 0. The summed E-state index contributed by atoms with van der Waals surface area (Å²) in [6, 6.07) is 7.49. The molecule has 1 rings (SSSR count). The molecule has 13 heavy (non-hydrogen) atoms. The van der Waals surface area contributed by atoms with Crippen molar-refractivity contribution in [2.75, 3.05) is 0 Å². The van der Waals surface area contributed by atoms with E-state index in [9.17, 15) is 8.78 Å². The fourth-order valence-corrected chi connectivity index (χ4v) is 1.94. The first-order valence-electron chi connectivity index (χ1n) is 4.14. The van der Waals surface area contributed by atoms with E-state index < -0.39 is 6.43 Å². The van der Waals surface area contributed by atoms with E-state index in [1.54, 1.807) is 0 Å². The van der Waals surface area contributed by atoms with Gasteiger partial charge in [0.25, 0.3) is 0 Å². The van der Waals surface area contributed by atoms with Crippen molar-refractivity contribution in [2.45, 2.75) is 25.7 Å². The molecule has 0 heterocycles. The Kier molecular flexibility index (Phi) is 3.85. The number of rotatable bonds is 3. The maximum atomic E-state index is 12.1. The van der Waals surface area contributed by atoms with Gasteiger partial charge in [-0.25, -0.2) is 8.78 Å². The second kappa shape index (κ2) is 4.70. The molecule has 0 radical (unpaired) electrons. The van der Waals surface area contributed by atoms with Crippen molar-refractivity contribution in [3.63, 3.8) is 0 Å². The van der Waals surface area contributed by atoms with E-state index >= 15 is 0 Å². The molecule has 1 unspecified atom stereocenters. The molecule has 0 aromatic heterocycles. The molecule has 0 spiro atoms. The number of alkyl halides is 2. The van der Waals surface area contributed by atoms with Crippen LogP contribution in [0.4, 0.5) is 8.78 Å². The quantitative estimate of drug-likeness (QED) is 0.752. The molecule has 0 saturated carbocycles. The number of benzene rings is 1. The van der Waals surface area contributed by atoms with Gasteiger partial charge in [0, 0.05) is 10.9 Å². The molecular weight excluding hydrogens is 238 g/mol. The average Bonchev–Trinajstić information content (AvgIpc) is 2.03. The minimum atomic E-state index is -2.23. The summed E-state index contributed by atoms with van der Waals surface area (Å²) in [6.45, 7) is 1.81. The van der Waals surface area contributed by atoms with Crippen molar-refractivity contribution in [3.05, 3.63) is 34.3 Å². The molecule has 0 aliphatic carbocycles. The number of hydrogen-bond acceptors (Lipinski definition) is 0. The molecule has 0 aliphatic rings. The minimum absolute atomic E-state index is 0.0807. The van der Waals surface area contributed by atoms with Gasteiger partial charge >= 0.3 is 0 Å². The van der Waals surface area contributed by atoms with Gasteiger partial charge in [0.2, 0.25) is 6.43 Å². The van der Waals surface area contributed by atoms with Crippen LogP contribution in [-0.4, -0.2) is 6.43 Å². The highest BCUT2D eigenvalue weighted by molar-refractivity contribution is 9.10. The molecule has 3 heteroatoms. The van der Waals surface area contributed by atoms with Crippen molar-refractivity contribution in [3.8, 4) is 0 Å². The number of hydrogen-bond donors (Lipinski definition) is 0. The molecule has 0 aliphatic heterocycles. The molecule has 1 aromatic carbocycles. The van der Waals surface area contributed by atoms with Crippen LogP contribution in [-0.2, 0) is 0 Å². The lowest BCUT2D eigenvalue weighted by atomic mass is 9.98. The Balaban J connectivity index is 2.76. The van der Waals surface area contributed by atoms with Crippen molar-refractivity contribution in [2.24, 2.45) is 0 Å². The Morgan fingerprint density at radius 2 is 1.92 bits per heavy atom. The van der Waals surface area contributed by atoms with Gasteiger partial charge in [0.05, 0.1) is 0 Å². The van der Waals surface area contributed by atoms with Crippen molar-refractivity contribution in [1.29, 1.82) is 0 Å². The highest BCUT2D eigenvalue weighted by Gasteiger charge is 2.13. The van der Waals surface area contributed by atoms with Crippen molar-refractivity contribution < 1.29 is 8.78 Å². The third-order valence-electron chi connectivity index (χ3n) is 1.97. The zero-order valence-corrected chi connectivity index (χ0v) is 8.89. The van der Waals surface area contributed by atoms with Crippen molar-refractivity contribution in [1.82, 2.24) is 0 Å². The van der Waals surface area contributed by atoms with Gasteiger partial charge < -0.3 is 0 Å². The predicted molar refractivity (Wildman–Crippen MR) is 53.2 cm³/mol. The van der Waals surface area contributed by atoms with E-state index in [1.807, 2.05) is 31.2 Å². The lowest BCUT2D eigenvalue weighted by Crippen LogP contribution is -2.01. The van der Waals surface area contributed by atoms with Crippen LogP contribution in [0.1, 0.15) is 24.8 Å². The van der Waals surface area contributed by atoms with Gasteiger partial charge in [-0.3, -0.25) is 0 Å². The molecule has 0 nitrogen and oxygen atoms in total. The Morgan fingerprint density at radius 1 is 1.31 bits per heavy atom. The second-order valence-electron chi connectivity index (χ2n) is 3.05. The lowest BCUT2D eigenvalue weighted by Gasteiger charge is -2.12. The summed E-state index contributed by atoms with van der Waals surface area (Å²) >= 11 is 3.34. The van der Waals surface area contributed by atoms with E-state index in [4.69, 9.17) is 0 Å². The zero-order valence-electron chi connectivity index (χ0n) is 7.31. The molecule has 0 fully saturated rings. The lowest BCUT2D eigenvalue weighted by molar-refractivity contribution is 0.130. The van der Waals surface area contributed by atoms with Crippen molar-refractivity contribution >= 4 is 15.9 Å². The SMILES string of the molecule is CC(CC(F)F)c1ccccc1Br. The largest absolute Gasteiger partial charge is 0.239 e. The summed E-state index contributed by atoms with van der Waals surface area (Å²) in [6.07, 6.45) is -2.31. The second-order valence-corrected chi connectivity index (χ2v) is 3.90. The highest BCUT2D eigenvalue weighted by Crippen LogP contribution is 2.28. The van der Waals surface area contributed by atoms with Gasteiger partial charge in [-0.05, 0) is 17.5 Å². The normalized spacial score (nSPS) is 13.3. The van der Waals surface area contributed by atoms with Crippen LogP contribution in [0.3, 0.4) is 0 Å². The maximum Gasteiger partial charge on any atom is 0.239 e. The van der Waals surface area contributed by atoms with Gasteiger partial charge in [-0.2, -0.15) is 0 Å². The fourth-order valence-electron chi connectivity index (χ4n) is 1.27. The summed E-state index contributed by atoms with van der Waals surface area (Å²) < 4.78 is 25.1. The first kappa shape index (κ1) is 10.6. The molecule has 72 valence electrons. The van der Waals surface area contributed by atoms with E-state index in [2.05, 4.69) is 15.9 Å². The zero-order chi connectivity index (χ0) is 9.84. The van der Waals surface area contributed by atoms with Crippen LogP contribution in [0, 0.1) is 0 Å². The highest BCUT2D eigenvalue weighted by atomic mass is 79.9. The van der Waals surface area contributed by atoms with Gasteiger partial charge in [0.1, 0.15) is 0 Å². The Labute approximate surface area is 85.1 Å². The van der Waals surface area contributed by atoms with E-state index in [-0.39, 0.29) is 12.3 Å². The molecule has 0 amide bonds. The summed E-state index contributed by atoms with van der Waals surface area (Å²) in [5.41, 5.74) is 0.947. The summed E-state index contributed by atoms with van der Waals surface area (Å²) in [4.78, 5) is 0. The van der Waals surface area contributed by atoms with E-state index in [1.165, 1.54) is 0 Å². The van der Waals surface area contributed by atoms with Crippen LogP contribution < -0.4 is 0 Å². The predicted octanol–water partition coefficient (Wildman–Crippen LogP) is 4.21. The van der Waals surface area contributed by atoms with Gasteiger partial charge in [0.15, 0.2) is 0 Å². The fraction of sp³-hybridized carbons (Fsp3) is 0.400. The monoisotopic (exact) mass is 248 g/mol. The molecule has 1 aromatic rings. The van der Waals surface area contributed by atoms with Crippen LogP contribution in [0.25, 0.3) is 0 Å². The first-order valence-corrected chi connectivity index (χ1v) is 4.93. The van der Waals surface area contributed by atoms with Crippen LogP contribution in [0.15, 0.2) is 28.7 Å². The summed E-state index contributed by atoms with van der Waals surface area (Å²) in [5.74, 6) is -0.101. The van der Waals surface area contributed by atoms with Crippen LogP contribution in [0.5, 0.6) is 0 Å². The molecule has 0 bridgehead atoms. The third-order valence-corrected chi connectivity index (χ3v) is 2.69. The smallest absolute Gasteiger partial charge is 0.211 e. The molecule has 0 N–H and O–H groups in total. The standard InChI is InChI=1S/C10H11BrF2/c1-7(6-10(12)13)8-4-2-3-5-9(8)11/h2-5,7,10H,6H2,1H3. The minimum Gasteiger partial charge on any atom is -0.211 e. The molecule has 1 atom stereocenters. The Hall–Kier alpha value is -0.440. The van der Waals surface area contributed by atoms with Crippen LogP contribution >= 0.6 is 15.9 Å². The maximum absolute atomic E-state index is 12.1. The summed E-state index contributed by atoms with van der Waals surface area (Å²) in [5, 5.41) is 0. The van der Waals surface area contributed by atoms with Gasteiger partial charge in [-0.15, -0.1) is 0 Å². The number of halogens is 3. The topological polar surface area (TPSA) is 0 Å². The van der Waals surface area contributed by atoms with E-state index in [0.717, 1.165) is 10.0 Å². The van der Waals surface area contributed by atoms with E-state index in [0.29, 0.717) is 0 Å². The first-order chi connectivity index (χ1) is 6.11. The third kappa shape index (κ3) is 3.07. The average molecular weight is 249 g/mol.